The summed E-state index contributed by atoms with van der Waals surface area (Å²) in [5.41, 5.74) is 0.872. The van der Waals surface area contributed by atoms with Crippen molar-refractivity contribution < 1.29 is 31.5 Å². The molecule has 0 radical (unpaired) electrons. The van der Waals surface area contributed by atoms with Crippen molar-refractivity contribution in [2.45, 2.75) is 26.1 Å². The summed E-state index contributed by atoms with van der Waals surface area (Å²) >= 11 is 0. The summed E-state index contributed by atoms with van der Waals surface area (Å²) in [6.07, 6.45) is -1.19. The van der Waals surface area contributed by atoms with E-state index in [0.717, 1.165) is 35.5 Å². The second-order valence-electron chi connectivity index (χ2n) is 8.37. The molecule has 0 spiro atoms. The maximum atomic E-state index is 13.9. The van der Waals surface area contributed by atoms with E-state index in [-0.39, 0.29) is 29.1 Å². The zero-order valence-electron chi connectivity index (χ0n) is 20.0. The Kier molecular flexibility index (Phi) is 6.62. The number of halogens is 4. The lowest BCUT2D eigenvalue weighted by atomic mass is 10.1. The predicted octanol–water partition coefficient (Wildman–Crippen LogP) is 7.07. The minimum absolute atomic E-state index is 0.0907. The van der Waals surface area contributed by atoms with Crippen molar-refractivity contribution in [3.8, 4) is 22.9 Å². The minimum Gasteiger partial charge on any atom is -0.488 e. The fourth-order valence-electron chi connectivity index (χ4n) is 3.88. The Morgan fingerprint density at radius 2 is 1.76 bits per heavy atom. The monoisotopic (exact) mass is 524 g/mol. The number of hydrogen-bond acceptors (Lipinski definition) is 5. The molecule has 0 N–H and O–H groups in total. The third-order valence-corrected chi connectivity index (χ3v) is 5.75. The van der Waals surface area contributed by atoms with Gasteiger partial charge in [-0.1, -0.05) is 25.1 Å². The molecule has 6 nitrogen and oxygen atoms in total. The van der Waals surface area contributed by atoms with Crippen LogP contribution < -0.4 is 14.9 Å². The molecular weight excluding hydrogens is 504 g/mol. The summed E-state index contributed by atoms with van der Waals surface area (Å²) in [5.74, 6) is -3.10. The first kappa shape index (κ1) is 25.1. The van der Waals surface area contributed by atoms with E-state index in [0.29, 0.717) is 12.0 Å². The van der Waals surface area contributed by atoms with E-state index in [1.165, 1.54) is 12.1 Å². The van der Waals surface area contributed by atoms with Crippen molar-refractivity contribution in [2.75, 3.05) is 0 Å². The molecule has 0 fully saturated rings. The molecule has 5 aromatic rings. The maximum Gasteiger partial charge on any atom is 0.453 e. The van der Waals surface area contributed by atoms with Crippen LogP contribution in [0.25, 0.3) is 16.7 Å². The van der Waals surface area contributed by atoms with Gasteiger partial charge in [-0.2, -0.15) is 18.3 Å². The lowest BCUT2D eigenvalue weighted by molar-refractivity contribution is -0.154. The minimum atomic E-state index is -5.03. The molecule has 2 aromatic heterocycles. The Labute approximate surface area is 213 Å². The second kappa shape index (κ2) is 10.0. The Balaban J connectivity index is 1.50. The highest BCUT2D eigenvalue weighted by molar-refractivity contribution is 5.81. The quantitative estimate of drug-likeness (QED) is 0.213. The average Bonchev–Trinajstić information content (AvgIpc) is 3.39. The van der Waals surface area contributed by atoms with Gasteiger partial charge in [0, 0.05) is 17.8 Å². The SMILES string of the molecule is CCc1cc2c(=O)c(Oc3ccc(F)cc3)c(C(F)(F)F)oc2cc1OCc1cnn(-c2ccccc2)c1. The van der Waals surface area contributed by atoms with Crippen LogP contribution in [0.15, 0.2) is 88.3 Å². The topological polar surface area (TPSA) is 66.5 Å². The standard InChI is InChI=1S/C28H20F4N2O4/c1-2-18-12-22-24(13-23(18)36-16-17-14-33-34(15-17)20-6-4-3-5-7-20)38-27(28(30,31)32)26(25(22)35)37-21-10-8-19(29)9-11-21/h3-15H,2,16H2,1H3. The number of aromatic nitrogens is 2. The van der Waals surface area contributed by atoms with Crippen LogP contribution in [-0.2, 0) is 19.2 Å². The molecule has 0 saturated heterocycles. The number of benzene rings is 3. The maximum absolute atomic E-state index is 13.9. The molecule has 0 amide bonds. The average molecular weight is 524 g/mol. The second-order valence-corrected chi connectivity index (χ2v) is 8.37. The molecule has 38 heavy (non-hydrogen) atoms. The van der Waals surface area contributed by atoms with Gasteiger partial charge in [0.25, 0.3) is 5.76 Å². The number of rotatable bonds is 7. The van der Waals surface area contributed by atoms with Crippen molar-refractivity contribution in [1.29, 1.82) is 0 Å². The van der Waals surface area contributed by atoms with Crippen molar-refractivity contribution in [3.63, 3.8) is 0 Å². The summed E-state index contributed by atoms with van der Waals surface area (Å²) < 4.78 is 72.8. The third-order valence-electron chi connectivity index (χ3n) is 5.75. The fourth-order valence-corrected chi connectivity index (χ4v) is 3.88. The zero-order valence-corrected chi connectivity index (χ0v) is 20.0. The van der Waals surface area contributed by atoms with Gasteiger partial charge >= 0.3 is 6.18 Å². The number of fused-ring (bicyclic) bond motifs is 1. The van der Waals surface area contributed by atoms with E-state index in [1.54, 1.807) is 17.1 Å². The van der Waals surface area contributed by atoms with E-state index in [1.807, 2.05) is 37.3 Å². The molecule has 2 heterocycles. The normalized spacial score (nSPS) is 11.6. The number of para-hydroxylation sites is 1. The van der Waals surface area contributed by atoms with Gasteiger partial charge in [0.15, 0.2) is 0 Å². The van der Waals surface area contributed by atoms with Gasteiger partial charge in [0.1, 0.15) is 29.5 Å². The number of hydrogen-bond donors (Lipinski definition) is 0. The van der Waals surface area contributed by atoms with E-state index in [4.69, 9.17) is 13.9 Å². The Morgan fingerprint density at radius 3 is 2.45 bits per heavy atom. The summed E-state index contributed by atoms with van der Waals surface area (Å²) in [6, 6.07) is 16.4. The van der Waals surface area contributed by atoms with Gasteiger partial charge < -0.3 is 13.9 Å². The van der Waals surface area contributed by atoms with Crippen molar-refractivity contribution in [2.24, 2.45) is 0 Å². The van der Waals surface area contributed by atoms with Crippen LogP contribution in [0.1, 0.15) is 23.8 Å². The molecule has 194 valence electrons. The molecule has 10 heteroatoms. The van der Waals surface area contributed by atoms with Crippen LogP contribution in [0.3, 0.4) is 0 Å². The van der Waals surface area contributed by atoms with Crippen LogP contribution in [0.2, 0.25) is 0 Å². The molecule has 3 aromatic carbocycles. The Bertz CT molecular complexity index is 1640. The molecular formula is C28H20F4N2O4. The van der Waals surface area contributed by atoms with Crippen LogP contribution in [0.5, 0.6) is 17.2 Å². The molecule has 0 atom stereocenters. The van der Waals surface area contributed by atoms with Crippen molar-refractivity contribution in [3.05, 3.63) is 112 Å². The van der Waals surface area contributed by atoms with Crippen molar-refractivity contribution in [1.82, 2.24) is 9.78 Å². The fraction of sp³-hybridized carbons (Fsp3) is 0.143. The first-order chi connectivity index (χ1) is 18.2. The van der Waals surface area contributed by atoms with Crippen LogP contribution in [0, 0.1) is 5.82 Å². The number of ether oxygens (including phenoxy) is 2. The van der Waals surface area contributed by atoms with E-state index < -0.39 is 28.9 Å². The first-order valence-electron chi connectivity index (χ1n) is 11.6. The van der Waals surface area contributed by atoms with Gasteiger partial charge in [0.05, 0.1) is 17.3 Å². The first-order valence-corrected chi connectivity index (χ1v) is 11.6. The van der Waals surface area contributed by atoms with Gasteiger partial charge in [-0.25, -0.2) is 9.07 Å². The van der Waals surface area contributed by atoms with Crippen LogP contribution in [0.4, 0.5) is 17.6 Å². The number of aryl methyl sites for hydroxylation is 1. The lowest BCUT2D eigenvalue weighted by Gasteiger charge is -2.15. The van der Waals surface area contributed by atoms with E-state index in [2.05, 4.69) is 5.10 Å². The number of nitrogens with zero attached hydrogens (tertiary/aromatic N) is 2. The van der Waals surface area contributed by atoms with E-state index >= 15 is 0 Å². The van der Waals surface area contributed by atoms with Gasteiger partial charge in [-0.3, -0.25) is 4.79 Å². The highest BCUT2D eigenvalue weighted by Gasteiger charge is 2.40. The third kappa shape index (κ3) is 5.10. The van der Waals surface area contributed by atoms with Gasteiger partial charge in [-0.15, -0.1) is 0 Å². The lowest BCUT2D eigenvalue weighted by Crippen LogP contribution is -2.16. The van der Waals surface area contributed by atoms with Gasteiger partial charge in [-0.05, 0) is 54.4 Å². The Hall–Kier alpha value is -4.60. The molecule has 5 rings (SSSR count). The molecule has 0 aliphatic heterocycles. The highest BCUT2D eigenvalue weighted by atomic mass is 19.4. The van der Waals surface area contributed by atoms with Crippen LogP contribution in [-0.4, -0.2) is 9.78 Å². The summed E-state index contributed by atoms with van der Waals surface area (Å²) in [7, 11) is 0. The van der Waals surface area contributed by atoms with E-state index in [9.17, 15) is 22.4 Å². The predicted molar refractivity (Wildman–Crippen MR) is 131 cm³/mol. The smallest absolute Gasteiger partial charge is 0.453 e. The number of alkyl halides is 3. The summed E-state index contributed by atoms with van der Waals surface area (Å²) in [6.45, 7) is 1.91. The molecule has 0 aliphatic carbocycles. The molecule has 0 aliphatic rings. The molecule has 0 unspecified atom stereocenters. The molecule has 0 saturated carbocycles. The Morgan fingerprint density at radius 1 is 1.03 bits per heavy atom. The zero-order chi connectivity index (χ0) is 26.9. The highest BCUT2D eigenvalue weighted by Crippen LogP contribution is 2.39. The largest absolute Gasteiger partial charge is 0.488 e. The molecule has 0 bridgehead atoms. The van der Waals surface area contributed by atoms with Crippen LogP contribution >= 0.6 is 0 Å². The summed E-state index contributed by atoms with van der Waals surface area (Å²) in [4.78, 5) is 13.2. The van der Waals surface area contributed by atoms with Gasteiger partial charge in [0.2, 0.25) is 11.2 Å². The van der Waals surface area contributed by atoms with Crippen molar-refractivity contribution >= 4 is 11.0 Å². The summed E-state index contributed by atoms with van der Waals surface area (Å²) in [5, 5.41) is 4.21.